The van der Waals surface area contributed by atoms with Crippen molar-refractivity contribution < 1.29 is 4.74 Å². The standard InChI is InChI=1S/C15H21BrO/c1-6-15(5)9-17-13-11(14(2,3)4)7-10(16)8-12(13)15/h7-8H,6,9H2,1-5H3/t15-/m1/s1. The molecule has 0 fully saturated rings. The summed E-state index contributed by atoms with van der Waals surface area (Å²) in [6.07, 6.45) is 1.11. The van der Waals surface area contributed by atoms with Crippen LogP contribution in [0.4, 0.5) is 0 Å². The van der Waals surface area contributed by atoms with E-state index in [4.69, 9.17) is 4.74 Å². The fourth-order valence-corrected chi connectivity index (χ4v) is 2.81. The highest BCUT2D eigenvalue weighted by molar-refractivity contribution is 9.10. The zero-order valence-corrected chi connectivity index (χ0v) is 12.9. The lowest BCUT2D eigenvalue weighted by Gasteiger charge is -2.24. The normalized spacial score (nSPS) is 23.4. The Bertz CT molecular complexity index is 445. The van der Waals surface area contributed by atoms with Gasteiger partial charge in [0.05, 0.1) is 6.61 Å². The SMILES string of the molecule is CC[C@]1(C)COc2c(C(C)(C)C)cc(Br)cc21. The first-order valence-electron chi connectivity index (χ1n) is 6.25. The maximum absolute atomic E-state index is 6.00. The Morgan fingerprint density at radius 2 is 2.00 bits per heavy atom. The number of benzene rings is 1. The number of rotatable bonds is 1. The van der Waals surface area contributed by atoms with E-state index in [0.29, 0.717) is 0 Å². The molecule has 0 amide bonds. The van der Waals surface area contributed by atoms with Crippen LogP contribution in [0.15, 0.2) is 16.6 Å². The Labute approximate surface area is 113 Å². The molecule has 1 aromatic rings. The van der Waals surface area contributed by atoms with Crippen molar-refractivity contribution in [3.63, 3.8) is 0 Å². The Kier molecular flexibility index (Phi) is 3.05. The van der Waals surface area contributed by atoms with Gasteiger partial charge in [0, 0.05) is 21.0 Å². The molecule has 0 aliphatic carbocycles. The second-order valence-corrected chi connectivity index (χ2v) is 7.20. The van der Waals surface area contributed by atoms with Gasteiger partial charge in [-0.3, -0.25) is 0 Å². The molecule has 1 nitrogen and oxygen atoms in total. The Hall–Kier alpha value is -0.500. The molecule has 0 unspecified atom stereocenters. The molecule has 0 radical (unpaired) electrons. The molecule has 1 aliphatic heterocycles. The first-order valence-corrected chi connectivity index (χ1v) is 7.04. The lowest BCUT2D eigenvalue weighted by Crippen LogP contribution is -2.22. The minimum Gasteiger partial charge on any atom is -0.492 e. The lowest BCUT2D eigenvalue weighted by molar-refractivity contribution is 0.269. The average Bonchev–Trinajstić information content (AvgIpc) is 2.55. The maximum atomic E-state index is 6.00. The van der Waals surface area contributed by atoms with Crippen LogP contribution in [0.25, 0.3) is 0 Å². The van der Waals surface area contributed by atoms with Gasteiger partial charge in [0.25, 0.3) is 0 Å². The van der Waals surface area contributed by atoms with E-state index in [1.807, 2.05) is 0 Å². The molecule has 0 saturated carbocycles. The molecule has 94 valence electrons. The second-order valence-electron chi connectivity index (χ2n) is 6.28. The van der Waals surface area contributed by atoms with Gasteiger partial charge in [0.2, 0.25) is 0 Å². The minimum absolute atomic E-state index is 0.118. The monoisotopic (exact) mass is 296 g/mol. The fourth-order valence-electron chi connectivity index (χ4n) is 2.36. The maximum Gasteiger partial charge on any atom is 0.127 e. The van der Waals surface area contributed by atoms with Crippen LogP contribution in [0, 0.1) is 0 Å². The molecule has 0 bridgehead atoms. The van der Waals surface area contributed by atoms with Crippen molar-refractivity contribution >= 4 is 15.9 Å². The predicted octanol–water partition coefficient (Wildman–Crippen LogP) is 4.81. The van der Waals surface area contributed by atoms with Gasteiger partial charge in [-0.1, -0.05) is 50.5 Å². The molecule has 1 aliphatic rings. The van der Waals surface area contributed by atoms with Gasteiger partial charge in [-0.2, -0.15) is 0 Å². The highest BCUT2D eigenvalue weighted by Gasteiger charge is 2.38. The third kappa shape index (κ3) is 2.12. The van der Waals surface area contributed by atoms with Crippen LogP contribution in [0.1, 0.15) is 52.2 Å². The Morgan fingerprint density at radius 1 is 1.35 bits per heavy atom. The van der Waals surface area contributed by atoms with Crippen molar-refractivity contribution in [2.45, 2.75) is 51.9 Å². The van der Waals surface area contributed by atoms with Crippen LogP contribution in [0.3, 0.4) is 0 Å². The fraction of sp³-hybridized carbons (Fsp3) is 0.600. The van der Waals surface area contributed by atoms with Gasteiger partial charge in [-0.05, 0) is 24.0 Å². The molecule has 2 heteroatoms. The summed E-state index contributed by atoms with van der Waals surface area (Å²) in [6.45, 7) is 12.0. The zero-order chi connectivity index (χ0) is 12.8. The molecule has 2 rings (SSSR count). The van der Waals surface area contributed by atoms with Crippen molar-refractivity contribution in [1.82, 2.24) is 0 Å². The van der Waals surface area contributed by atoms with E-state index in [2.05, 4.69) is 62.7 Å². The molecule has 0 aromatic heterocycles. The quantitative estimate of drug-likeness (QED) is 0.723. The average molecular weight is 297 g/mol. The van der Waals surface area contributed by atoms with Crippen LogP contribution >= 0.6 is 15.9 Å². The van der Waals surface area contributed by atoms with Gasteiger partial charge in [0.1, 0.15) is 5.75 Å². The third-order valence-electron chi connectivity index (χ3n) is 3.83. The molecule has 1 aromatic carbocycles. The lowest BCUT2D eigenvalue weighted by atomic mass is 9.78. The number of ether oxygens (including phenoxy) is 1. The summed E-state index contributed by atoms with van der Waals surface area (Å²) in [7, 11) is 0. The van der Waals surface area contributed by atoms with Crippen molar-refractivity contribution in [3.05, 3.63) is 27.7 Å². The van der Waals surface area contributed by atoms with Gasteiger partial charge < -0.3 is 4.74 Å². The van der Waals surface area contributed by atoms with E-state index in [0.717, 1.165) is 23.2 Å². The molecule has 0 saturated heterocycles. The summed E-state index contributed by atoms with van der Waals surface area (Å²) in [5.74, 6) is 1.12. The number of hydrogen-bond acceptors (Lipinski definition) is 1. The summed E-state index contributed by atoms with van der Waals surface area (Å²) >= 11 is 3.63. The van der Waals surface area contributed by atoms with Gasteiger partial charge in [-0.15, -0.1) is 0 Å². The van der Waals surface area contributed by atoms with E-state index in [-0.39, 0.29) is 10.8 Å². The number of halogens is 1. The van der Waals surface area contributed by atoms with Gasteiger partial charge in [-0.25, -0.2) is 0 Å². The molecule has 17 heavy (non-hydrogen) atoms. The van der Waals surface area contributed by atoms with E-state index in [1.165, 1.54) is 11.1 Å². The van der Waals surface area contributed by atoms with Crippen LogP contribution < -0.4 is 4.74 Å². The first-order chi connectivity index (χ1) is 7.78. The first kappa shape index (κ1) is 12.9. The molecular formula is C15H21BrO. The highest BCUT2D eigenvalue weighted by atomic mass is 79.9. The van der Waals surface area contributed by atoms with Crippen molar-refractivity contribution in [3.8, 4) is 5.75 Å². The Morgan fingerprint density at radius 3 is 2.53 bits per heavy atom. The minimum atomic E-state index is 0.118. The van der Waals surface area contributed by atoms with Gasteiger partial charge >= 0.3 is 0 Å². The van der Waals surface area contributed by atoms with Crippen molar-refractivity contribution in [2.24, 2.45) is 0 Å². The summed E-state index contributed by atoms with van der Waals surface area (Å²) in [5, 5.41) is 0. The summed E-state index contributed by atoms with van der Waals surface area (Å²) in [4.78, 5) is 0. The highest BCUT2D eigenvalue weighted by Crippen LogP contribution is 2.47. The summed E-state index contributed by atoms with van der Waals surface area (Å²) in [6, 6.07) is 4.42. The summed E-state index contributed by atoms with van der Waals surface area (Å²) < 4.78 is 7.16. The van der Waals surface area contributed by atoms with Crippen LogP contribution in [0.5, 0.6) is 5.75 Å². The summed E-state index contributed by atoms with van der Waals surface area (Å²) in [5.41, 5.74) is 2.95. The van der Waals surface area contributed by atoms with Crippen LogP contribution in [-0.4, -0.2) is 6.61 Å². The molecule has 1 atom stereocenters. The van der Waals surface area contributed by atoms with E-state index < -0.39 is 0 Å². The second kappa shape index (κ2) is 4.01. The molecule has 0 N–H and O–H groups in total. The van der Waals surface area contributed by atoms with E-state index in [9.17, 15) is 0 Å². The zero-order valence-electron chi connectivity index (χ0n) is 11.4. The number of fused-ring (bicyclic) bond motifs is 1. The van der Waals surface area contributed by atoms with Crippen molar-refractivity contribution in [2.75, 3.05) is 6.61 Å². The topological polar surface area (TPSA) is 9.23 Å². The largest absolute Gasteiger partial charge is 0.492 e. The predicted molar refractivity (Wildman–Crippen MR) is 76.0 cm³/mol. The number of hydrogen-bond donors (Lipinski definition) is 0. The molecular weight excluding hydrogens is 276 g/mol. The molecule has 0 spiro atoms. The van der Waals surface area contributed by atoms with Gasteiger partial charge in [0.15, 0.2) is 0 Å². The molecule has 1 heterocycles. The van der Waals surface area contributed by atoms with Crippen LogP contribution in [-0.2, 0) is 10.8 Å². The van der Waals surface area contributed by atoms with Crippen molar-refractivity contribution in [1.29, 1.82) is 0 Å². The van der Waals surface area contributed by atoms with E-state index in [1.54, 1.807) is 0 Å². The van der Waals surface area contributed by atoms with E-state index >= 15 is 0 Å². The van der Waals surface area contributed by atoms with Crippen LogP contribution in [0.2, 0.25) is 0 Å². The smallest absolute Gasteiger partial charge is 0.127 e. The third-order valence-corrected chi connectivity index (χ3v) is 4.29. The Balaban J connectivity index is 2.65.